The van der Waals surface area contributed by atoms with E-state index in [0.717, 1.165) is 14.0 Å². The number of hydrogen-bond acceptors (Lipinski definition) is 4. The van der Waals surface area contributed by atoms with Gasteiger partial charge in [-0.05, 0) is 13.0 Å². The maximum atomic E-state index is 13.9. The van der Waals surface area contributed by atoms with E-state index in [0.29, 0.717) is 11.0 Å². The van der Waals surface area contributed by atoms with Crippen molar-refractivity contribution in [2.45, 2.75) is 25.8 Å². The molecule has 0 aromatic carbocycles. The van der Waals surface area contributed by atoms with Crippen molar-refractivity contribution in [1.82, 2.24) is 9.88 Å². The van der Waals surface area contributed by atoms with Gasteiger partial charge >= 0.3 is 12.4 Å². The summed E-state index contributed by atoms with van der Waals surface area (Å²) >= 11 is 0. The third kappa shape index (κ3) is 5.55. The highest BCUT2D eigenvalue weighted by Gasteiger charge is 2.40. The smallest absolute Gasteiger partial charge is 0.365 e. The summed E-state index contributed by atoms with van der Waals surface area (Å²) in [5, 5.41) is 10.7. The molecule has 27 heavy (non-hydrogen) atoms. The van der Waals surface area contributed by atoms with Gasteiger partial charge in [-0.2, -0.15) is 26.3 Å². The van der Waals surface area contributed by atoms with Gasteiger partial charge in [-0.15, -0.1) is 5.73 Å². The van der Waals surface area contributed by atoms with Crippen LogP contribution in [0, 0.1) is 22.9 Å². The van der Waals surface area contributed by atoms with Crippen molar-refractivity contribution in [2.75, 3.05) is 7.05 Å². The van der Waals surface area contributed by atoms with Crippen LogP contribution in [0.2, 0.25) is 0 Å². The summed E-state index contributed by atoms with van der Waals surface area (Å²) in [5.41, 5.74) is -3.68. The summed E-state index contributed by atoms with van der Waals surface area (Å²) in [6, 6.07) is 0.479. The van der Waals surface area contributed by atoms with Gasteiger partial charge in [0, 0.05) is 7.05 Å². The van der Waals surface area contributed by atoms with E-state index in [4.69, 9.17) is 0 Å². The van der Waals surface area contributed by atoms with Gasteiger partial charge in [0.2, 0.25) is 0 Å². The number of nitro groups is 1. The molecule has 0 N–H and O–H groups in total. The molecule has 0 radical (unpaired) electrons. The van der Waals surface area contributed by atoms with Crippen LogP contribution in [0.1, 0.15) is 11.4 Å². The van der Waals surface area contributed by atoms with Crippen molar-refractivity contribution in [3.63, 3.8) is 0 Å². The second kappa shape index (κ2) is 7.78. The molecule has 5 nitrogen and oxygen atoms in total. The molecular formula is C15H12F7N3O2. The molecule has 0 amide bonds. The predicted octanol–water partition coefficient (Wildman–Crippen LogP) is 4.59. The highest BCUT2D eigenvalue weighted by Crippen LogP contribution is 2.34. The number of halogens is 7. The number of allylic oxidation sites excluding steroid dienone is 3. The van der Waals surface area contributed by atoms with Gasteiger partial charge in [0.05, 0.1) is 28.8 Å². The second-order valence-electron chi connectivity index (χ2n) is 5.25. The molecule has 0 spiro atoms. The Hall–Kier alpha value is -2.88. The second-order valence-corrected chi connectivity index (χ2v) is 5.25. The van der Waals surface area contributed by atoms with Gasteiger partial charge in [-0.3, -0.25) is 10.1 Å². The fraction of sp³-hybridized carbons (Fsp3) is 0.333. The summed E-state index contributed by atoms with van der Waals surface area (Å²) in [5.74, 6) is -1.27. The Morgan fingerprint density at radius 1 is 1.33 bits per heavy atom. The Morgan fingerprint density at radius 2 is 1.89 bits per heavy atom. The summed E-state index contributed by atoms with van der Waals surface area (Å²) < 4.78 is 91.5. The Bertz CT molecular complexity index is 822. The van der Waals surface area contributed by atoms with E-state index in [2.05, 4.69) is 11.6 Å². The quantitative estimate of drug-likeness (QED) is 0.239. The minimum absolute atomic E-state index is 0.219. The topological polar surface area (TPSA) is 59.3 Å². The van der Waals surface area contributed by atoms with Crippen molar-refractivity contribution < 1.29 is 35.7 Å². The SMILES string of the molecule is C=C=C(/C=C(\N(C)Cc1nc(C)c([N+](=O)[O-])cc1F)C(F)(F)F)C(F)(F)F. The first-order valence-electron chi connectivity index (χ1n) is 6.96. The molecule has 0 saturated heterocycles. The molecule has 0 atom stereocenters. The van der Waals surface area contributed by atoms with Crippen LogP contribution in [0.4, 0.5) is 36.4 Å². The number of aryl methyl sites for hydroxylation is 1. The monoisotopic (exact) mass is 399 g/mol. The summed E-state index contributed by atoms with van der Waals surface area (Å²) in [4.78, 5) is 13.6. The first-order chi connectivity index (χ1) is 12.2. The lowest BCUT2D eigenvalue weighted by atomic mass is 10.2. The molecule has 0 aliphatic heterocycles. The van der Waals surface area contributed by atoms with Crippen molar-refractivity contribution in [1.29, 1.82) is 0 Å². The first kappa shape index (κ1) is 22.2. The van der Waals surface area contributed by atoms with Crippen LogP contribution in [0.5, 0.6) is 0 Å². The normalized spacial score (nSPS) is 12.6. The molecule has 0 aliphatic rings. The van der Waals surface area contributed by atoms with Crippen molar-refractivity contribution >= 4 is 5.69 Å². The standard InChI is InChI=1S/C15H12F7N3O2/c1-4-9(14(17,18)19)5-13(15(20,21)22)24(3)7-11-10(16)6-12(25(26)27)8(2)23-11/h5-6H,1,7H2,2-3H3/b13-5-. The molecule has 0 unspecified atom stereocenters. The molecular weight excluding hydrogens is 387 g/mol. The first-order valence-corrected chi connectivity index (χ1v) is 6.96. The van der Waals surface area contributed by atoms with Crippen LogP contribution in [0.3, 0.4) is 0 Å². The molecule has 1 heterocycles. The largest absolute Gasteiger partial charge is 0.431 e. The average molecular weight is 399 g/mol. The summed E-state index contributed by atoms with van der Waals surface area (Å²) in [6.45, 7) is 2.96. The number of aromatic nitrogens is 1. The van der Waals surface area contributed by atoms with E-state index in [1.54, 1.807) is 0 Å². The molecule has 1 rings (SSSR count). The highest BCUT2D eigenvalue weighted by molar-refractivity contribution is 5.36. The minimum atomic E-state index is -5.21. The van der Waals surface area contributed by atoms with Crippen LogP contribution in [0.25, 0.3) is 0 Å². The molecule has 12 heteroatoms. The van der Waals surface area contributed by atoms with Gasteiger partial charge in [0.25, 0.3) is 5.69 Å². The molecule has 0 saturated carbocycles. The van der Waals surface area contributed by atoms with Crippen molar-refractivity contribution in [2.24, 2.45) is 0 Å². The Balaban J connectivity index is 3.35. The fourth-order valence-corrected chi connectivity index (χ4v) is 2.00. The Kier molecular flexibility index (Phi) is 6.39. The predicted molar refractivity (Wildman–Crippen MR) is 79.9 cm³/mol. The van der Waals surface area contributed by atoms with Gasteiger partial charge in [0.15, 0.2) is 5.82 Å². The Labute approximate surface area is 148 Å². The lowest BCUT2D eigenvalue weighted by molar-refractivity contribution is -0.386. The van der Waals surface area contributed by atoms with Crippen molar-refractivity contribution in [3.8, 4) is 0 Å². The van der Waals surface area contributed by atoms with Crippen molar-refractivity contribution in [3.05, 3.63) is 63.0 Å². The highest BCUT2D eigenvalue weighted by atomic mass is 19.4. The molecule has 148 valence electrons. The maximum Gasteiger partial charge on any atom is 0.431 e. The van der Waals surface area contributed by atoms with Crippen LogP contribution in [-0.2, 0) is 6.54 Å². The molecule has 1 aromatic heterocycles. The zero-order chi connectivity index (χ0) is 21.2. The van der Waals surface area contributed by atoms with Gasteiger partial charge in [0.1, 0.15) is 11.4 Å². The zero-order valence-corrected chi connectivity index (χ0v) is 13.9. The third-order valence-corrected chi connectivity index (χ3v) is 3.27. The number of nitrogens with zero attached hydrogens (tertiary/aromatic N) is 3. The van der Waals surface area contributed by atoms with Crippen LogP contribution in [-0.4, -0.2) is 34.2 Å². The van der Waals surface area contributed by atoms with E-state index in [9.17, 15) is 40.8 Å². The zero-order valence-electron chi connectivity index (χ0n) is 13.9. The van der Waals surface area contributed by atoms with E-state index >= 15 is 0 Å². The Morgan fingerprint density at radius 3 is 2.30 bits per heavy atom. The fourth-order valence-electron chi connectivity index (χ4n) is 2.00. The summed E-state index contributed by atoms with van der Waals surface area (Å²) in [7, 11) is 0.772. The van der Waals surface area contributed by atoms with Gasteiger partial charge in [-0.1, -0.05) is 6.58 Å². The third-order valence-electron chi connectivity index (χ3n) is 3.27. The molecule has 0 aliphatic carbocycles. The van der Waals surface area contributed by atoms with E-state index in [1.807, 2.05) is 0 Å². The molecule has 1 aromatic rings. The summed E-state index contributed by atoms with van der Waals surface area (Å²) in [6.07, 6.45) is -10.6. The molecule has 0 bridgehead atoms. The maximum absolute atomic E-state index is 13.9. The molecule has 0 fully saturated rings. The van der Waals surface area contributed by atoms with Crippen LogP contribution >= 0.6 is 0 Å². The number of hydrogen-bond donors (Lipinski definition) is 0. The van der Waals surface area contributed by atoms with E-state index in [-0.39, 0.29) is 11.8 Å². The van der Waals surface area contributed by atoms with E-state index in [1.165, 1.54) is 5.73 Å². The van der Waals surface area contributed by atoms with Gasteiger partial charge < -0.3 is 4.90 Å². The number of alkyl halides is 6. The lowest BCUT2D eigenvalue weighted by Crippen LogP contribution is -2.30. The number of rotatable bonds is 5. The van der Waals surface area contributed by atoms with E-state index < -0.39 is 52.3 Å². The van der Waals surface area contributed by atoms with Crippen LogP contribution < -0.4 is 0 Å². The number of pyridine rings is 1. The lowest BCUT2D eigenvalue weighted by Gasteiger charge is -2.25. The van der Waals surface area contributed by atoms with Gasteiger partial charge in [-0.25, -0.2) is 9.37 Å². The van der Waals surface area contributed by atoms with Crippen LogP contribution in [0.15, 0.2) is 35.7 Å². The average Bonchev–Trinajstić information content (AvgIpc) is 2.48. The minimum Gasteiger partial charge on any atom is -0.365 e.